The number of imidazole rings is 1. The van der Waals surface area contributed by atoms with Gasteiger partial charge < -0.3 is 20.2 Å². The zero-order valence-electron chi connectivity index (χ0n) is 16.7. The van der Waals surface area contributed by atoms with E-state index in [1.807, 2.05) is 57.2 Å². The van der Waals surface area contributed by atoms with E-state index in [9.17, 15) is 14.4 Å². The van der Waals surface area contributed by atoms with E-state index in [0.717, 1.165) is 27.9 Å². The highest BCUT2D eigenvalue weighted by atomic mass is 16.2. The van der Waals surface area contributed by atoms with Crippen LogP contribution in [0.4, 0.5) is 5.69 Å². The fourth-order valence-electron chi connectivity index (χ4n) is 3.88. The summed E-state index contributed by atoms with van der Waals surface area (Å²) in [4.78, 5) is 44.0. The highest BCUT2D eigenvalue weighted by Crippen LogP contribution is 2.30. The van der Waals surface area contributed by atoms with Crippen molar-refractivity contribution >= 4 is 28.5 Å². The number of nitrogens with one attached hydrogen (secondary N) is 3. The lowest BCUT2D eigenvalue weighted by atomic mass is 10.0. The number of nitrogens with zero attached hydrogens (tertiary/aromatic N) is 1. The maximum atomic E-state index is 12.8. The van der Waals surface area contributed by atoms with Gasteiger partial charge in [-0.3, -0.25) is 9.59 Å². The van der Waals surface area contributed by atoms with Crippen LogP contribution < -0.4 is 15.9 Å². The third-order valence-corrected chi connectivity index (χ3v) is 5.76. The number of aromatic nitrogens is 2. The van der Waals surface area contributed by atoms with Crippen molar-refractivity contribution in [1.82, 2.24) is 15.3 Å². The smallest absolute Gasteiger partial charge is 0.323 e. The highest BCUT2D eigenvalue weighted by molar-refractivity contribution is 6.01. The second-order valence-electron chi connectivity index (χ2n) is 7.74. The Kier molecular flexibility index (Phi) is 4.74. The molecule has 3 aromatic rings. The molecule has 0 spiro atoms. The Morgan fingerprint density at radius 1 is 1.14 bits per heavy atom. The number of carbonyl (C=O) groups is 2. The lowest BCUT2D eigenvalue weighted by molar-refractivity contribution is -0.126. The molecule has 150 valence electrons. The summed E-state index contributed by atoms with van der Waals surface area (Å²) in [6.07, 6.45) is 0.204. The third kappa shape index (κ3) is 3.55. The maximum Gasteiger partial charge on any atom is 0.323 e. The number of aryl methyl sites for hydroxylation is 1. The molecule has 29 heavy (non-hydrogen) atoms. The topological polar surface area (TPSA) is 98.1 Å². The summed E-state index contributed by atoms with van der Waals surface area (Å²) >= 11 is 0. The summed E-state index contributed by atoms with van der Waals surface area (Å²) in [5.74, 6) is -0.556. The summed E-state index contributed by atoms with van der Waals surface area (Å²) in [5.41, 5.74) is 5.11. The van der Waals surface area contributed by atoms with Crippen LogP contribution in [0.2, 0.25) is 0 Å². The normalized spacial score (nSPS) is 17.7. The monoisotopic (exact) mass is 392 g/mol. The minimum absolute atomic E-state index is 0.0298. The number of fused-ring (bicyclic) bond motifs is 1. The van der Waals surface area contributed by atoms with Gasteiger partial charge >= 0.3 is 5.69 Å². The van der Waals surface area contributed by atoms with Crippen LogP contribution in [0.1, 0.15) is 36.1 Å². The van der Waals surface area contributed by atoms with Gasteiger partial charge in [0.2, 0.25) is 11.8 Å². The van der Waals surface area contributed by atoms with Gasteiger partial charge in [0.1, 0.15) is 0 Å². The van der Waals surface area contributed by atoms with Crippen molar-refractivity contribution in [1.29, 1.82) is 0 Å². The van der Waals surface area contributed by atoms with Crippen molar-refractivity contribution < 1.29 is 9.59 Å². The molecule has 2 amide bonds. The van der Waals surface area contributed by atoms with E-state index in [0.29, 0.717) is 12.1 Å². The SMILES string of the molecule is Cc1cccc(N2CC(C(=O)NC(C)c3ccc4[nH]c(=O)[nH]c4c3)CC2=O)c1C. The molecular weight excluding hydrogens is 368 g/mol. The Hall–Kier alpha value is -3.35. The first kappa shape index (κ1) is 19.0. The first-order valence-electron chi connectivity index (χ1n) is 9.72. The highest BCUT2D eigenvalue weighted by Gasteiger charge is 2.36. The zero-order chi connectivity index (χ0) is 20.7. The van der Waals surface area contributed by atoms with Crippen LogP contribution in [0.25, 0.3) is 11.0 Å². The molecule has 1 aliphatic rings. The van der Waals surface area contributed by atoms with Gasteiger partial charge in [-0.05, 0) is 55.7 Å². The van der Waals surface area contributed by atoms with Gasteiger partial charge in [0, 0.05) is 18.7 Å². The van der Waals surface area contributed by atoms with Crippen molar-refractivity contribution in [2.24, 2.45) is 5.92 Å². The van der Waals surface area contributed by atoms with Crippen molar-refractivity contribution in [3.8, 4) is 0 Å². The second kappa shape index (κ2) is 7.24. The molecule has 7 heteroatoms. The lowest BCUT2D eigenvalue weighted by Crippen LogP contribution is -2.34. The van der Waals surface area contributed by atoms with Gasteiger partial charge in [-0.15, -0.1) is 0 Å². The molecule has 4 rings (SSSR count). The van der Waals surface area contributed by atoms with Gasteiger partial charge in [0.05, 0.1) is 23.0 Å². The molecule has 1 aromatic heterocycles. The Labute approximate surface area is 168 Å². The molecule has 0 saturated carbocycles. The molecule has 1 saturated heterocycles. The van der Waals surface area contributed by atoms with E-state index in [2.05, 4.69) is 15.3 Å². The van der Waals surface area contributed by atoms with E-state index >= 15 is 0 Å². The molecule has 2 aromatic carbocycles. The Bertz CT molecular complexity index is 1160. The standard InChI is InChI=1S/C22H24N4O3/c1-12-5-4-6-19(13(12)2)26-11-16(10-20(26)27)21(28)23-14(3)15-7-8-17-18(9-15)25-22(29)24-17/h4-9,14,16H,10-11H2,1-3H3,(H,23,28)(H2,24,25,29). The Morgan fingerprint density at radius 2 is 1.90 bits per heavy atom. The number of carbonyl (C=O) groups excluding carboxylic acids is 2. The number of aromatic amines is 2. The van der Waals surface area contributed by atoms with E-state index in [1.54, 1.807) is 4.90 Å². The summed E-state index contributed by atoms with van der Waals surface area (Å²) in [6, 6.07) is 11.2. The molecule has 0 bridgehead atoms. The number of hydrogen-bond acceptors (Lipinski definition) is 3. The van der Waals surface area contributed by atoms with Crippen molar-refractivity contribution in [3.63, 3.8) is 0 Å². The van der Waals surface area contributed by atoms with Gasteiger partial charge in [-0.25, -0.2) is 4.79 Å². The quantitative estimate of drug-likeness (QED) is 0.637. The maximum absolute atomic E-state index is 12.8. The first-order valence-corrected chi connectivity index (χ1v) is 9.72. The van der Waals surface area contributed by atoms with Gasteiger partial charge in [-0.2, -0.15) is 0 Å². The minimum atomic E-state index is -0.388. The van der Waals surface area contributed by atoms with Crippen molar-refractivity contribution in [2.75, 3.05) is 11.4 Å². The predicted molar refractivity (Wildman–Crippen MR) is 112 cm³/mol. The Morgan fingerprint density at radius 3 is 2.69 bits per heavy atom. The van der Waals surface area contributed by atoms with E-state index in [-0.39, 0.29) is 35.9 Å². The summed E-state index contributed by atoms with van der Waals surface area (Å²) in [5, 5.41) is 3.01. The average Bonchev–Trinajstić information content (AvgIpc) is 3.25. The molecule has 2 heterocycles. The van der Waals surface area contributed by atoms with Crippen molar-refractivity contribution in [2.45, 2.75) is 33.2 Å². The number of amides is 2. The summed E-state index contributed by atoms with van der Waals surface area (Å²) < 4.78 is 0. The summed E-state index contributed by atoms with van der Waals surface area (Å²) in [6.45, 7) is 6.28. The van der Waals surface area contributed by atoms with E-state index in [4.69, 9.17) is 0 Å². The molecule has 2 atom stereocenters. The van der Waals surface area contributed by atoms with Crippen LogP contribution in [-0.2, 0) is 9.59 Å². The van der Waals surface area contributed by atoms with Crippen LogP contribution in [0, 0.1) is 19.8 Å². The van der Waals surface area contributed by atoms with Crippen LogP contribution in [-0.4, -0.2) is 28.3 Å². The first-order chi connectivity index (χ1) is 13.8. The summed E-state index contributed by atoms with van der Waals surface area (Å²) in [7, 11) is 0. The third-order valence-electron chi connectivity index (χ3n) is 5.76. The zero-order valence-corrected chi connectivity index (χ0v) is 16.7. The second-order valence-corrected chi connectivity index (χ2v) is 7.74. The number of H-pyrrole nitrogens is 2. The van der Waals surface area contributed by atoms with Crippen molar-refractivity contribution in [3.05, 3.63) is 63.6 Å². The van der Waals surface area contributed by atoms with Gasteiger partial charge in [0.15, 0.2) is 0 Å². The molecule has 1 fully saturated rings. The van der Waals surface area contributed by atoms with Crippen LogP contribution in [0.15, 0.2) is 41.2 Å². The van der Waals surface area contributed by atoms with Gasteiger partial charge in [0.25, 0.3) is 0 Å². The van der Waals surface area contributed by atoms with E-state index < -0.39 is 0 Å². The fraction of sp³-hybridized carbons (Fsp3) is 0.318. The Balaban J connectivity index is 1.47. The van der Waals surface area contributed by atoms with E-state index in [1.165, 1.54) is 0 Å². The molecular formula is C22H24N4O3. The van der Waals surface area contributed by atoms with Crippen LogP contribution in [0.5, 0.6) is 0 Å². The number of benzene rings is 2. The number of anilines is 1. The molecule has 0 aliphatic carbocycles. The fourth-order valence-corrected chi connectivity index (χ4v) is 3.88. The average molecular weight is 392 g/mol. The molecule has 7 nitrogen and oxygen atoms in total. The minimum Gasteiger partial charge on any atom is -0.349 e. The number of rotatable bonds is 4. The molecule has 2 unspecified atom stereocenters. The van der Waals surface area contributed by atoms with Crippen LogP contribution >= 0.6 is 0 Å². The molecule has 3 N–H and O–H groups in total. The predicted octanol–water partition coefficient (Wildman–Crippen LogP) is 2.70. The molecule has 1 aliphatic heterocycles. The number of hydrogen-bond donors (Lipinski definition) is 3. The lowest BCUT2D eigenvalue weighted by Gasteiger charge is -2.21. The molecule has 0 radical (unpaired) electrons. The van der Waals surface area contributed by atoms with Gasteiger partial charge in [-0.1, -0.05) is 18.2 Å². The van der Waals surface area contributed by atoms with Crippen LogP contribution in [0.3, 0.4) is 0 Å². The largest absolute Gasteiger partial charge is 0.349 e.